The van der Waals surface area contributed by atoms with Crippen molar-refractivity contribution in [3.05, 3.63) is 52.2 Å². The summed E-state index contributed by atoms with van der Waals surface area (Å²) in [7, 11) is -3.44. The molecule has 0 radical (unpaired) electrons. The molecule has 1 saturated heterocycles. The Morgan fingerprint density at radius 3 is 2.42 bits per heavy atom. The fraction of sp³-hybridized carbons (Fsp3) is 0.316. The minimum Gasteiger partial charge on any atom is -0.323 e. The van der Waals surface area contributed by atoms with Crippen LogP contribution in [-0.2, 0) is 14.8 Å². The van der Waals surface area contributed by atoms with Crippen molar-refractivity contribution >= 4 is 39.0 Å². The van der Waals surface area contributed by atoms with Crippen LogP contribution < -0.4 is 5.32 Å². The van der Waals surface area contributed by atoms with Crippen LogP contribution >= 0.6 is 11.3 Å². The maximum atomic E-state index is 12.6. The van der Waals surface area contributed by atoms with Crippen LogP contribution in [0.2, 0.25) is 0 Å². The number of hydrogen-bond acceptors (Lipinski definition) is 4. The molecule has 1 aliphatic heterocycles. The van der Waals surface area contributed by atoms with E-state index in [0.717, 1.165) is 29.7 Å². The molecule has 2 aromatic rings. The molecule has 7 heteroatoms. The molecule has 1 aromatic carbocycles. The van der Waals surface area contributed by atoms with E-state index in [4.69, 9.17) is 0 Å². The van der Waals surface area contributed by atoms with Gasteiger partial charge in [-0.1, -0.05) is 6.42 Å². The molecule has 138 valence electrons. The number of nitrogens with one attached hydrogen (secondary N) is 1. The number of piperidine rings is 1. The van der Waals surface area contributed by atoms with Gasteiger partial charge in [0.2, 0.25) is 15.9 Å². The van der Waals surface area contributed by atoms with Crippen LogP contribution in [0.25, 0.3) is 6.08 Å². The molecule has 0 saturated carbocycles. The van der Waals surface area contributed by atoms with Gasteiger partial charge in [0.1, 0.15) is 0 Å². The quantitative estimate of drug-likeness (QED) is 0.788. The second kappa shape index (κ2) is 8.16. The molecule has 26 heavy (non-hydrogen) atoms. The lowest BCUT2D eigenvalue weighted by molar-refractivity contribution is -0.111. The zero-order valence-corrected chi connectivity index (χ0v) is 16.3. The maximum Gasteiger partial charge on any atom is 0.248 e. The van der Waals surface area contributed by atoms with E-state index in [9.17, 15) is 13.2 Å². The number of thiophene rings is 1. The van der Waals surface area contributed by atoms with Gasteiger partial charge in [-0.25, -0.2) is 8.42 Å². The molecule has 0 atom stereocenters. The second-order valence-electron chi connectivity index (χ2n) is 6.28. The minimum absolute atomic E-state index is 0.246. The number of amides is 1. The lowest BCUT2D eigenvalue weighted by atomic mass is 10.2. The fourth-order valence-corrected chi connectivity index (χ4v) is 5.19. The standard InChI is InChI=1S/C19H22N2O3S2/c1-15-11-14-25-18(15)9-10-19(22)20-16-5-7-17(8-6-16)26(23,24)21-12-3-2-4-13-21/h5-11,14H,2-4,12-13H2,1H3,(H,20,22)/b10-9+. The van der Waals surface area contributed by atoms with E-state index in [1.54, 1.807) is 41.7 Å². The van der Waals surface area contributed by atoms with E-state index in [-0.39, 0.29) is 10.8 Å². The van der Waals surface area contributed by atoms with Crippen molar-refractivity contribution in [1.82, 2.24) is 4.31 Å². The molecule has 2 heterocycles. The van der Waals surface area contributed by atoms with Gasteiger partial charge in [-0.05, 0) is 67.1 Å². The summed E-state index contributed by atoms with van der Waals surface area (Å²) in [6, 6.07) is 8.35. The summed E-state index contributed by atoms with van der Waals surface area (Å²) in [6.45, 7) is 3.15. The number of rotatable bonds is 5. The first kappa shape index (κ1) is 18.8. The molecule has 0 unspecified atom stereocenters. The average molecular weight is 391 g/mol. The van der Waals surface area contributed by atoms with Crippen molar-refractivity contribution in [3.8, 4) is 0 Å². The minimum atomic E-state index is -3.44. The predicted octanol–water partition coefficient (Wildman–Crippen LogP) is 3.88. The van der Waals surface area contributed by atoms with Gasteiger partial charge in [0.25, 0.3) is 0 Å². The van der Waals surface area contributed by atoms with E-state index in [2.05, 4.69) is 5.32 Å². The van der Waals surface area contributed by atoms with Gasteiger partial charge in [-0.2, -0.15) is 4.31 Å². The molecule has 1 fully saturated rings. The molecule has 1 aliphatic rings. The van der Waals surface area contributed by atoms with Crippen molar-refractivity contribution in [2.24, 2.45) is 0 Å². The highest BCUT2D eigenvalue weighted by molar-refractivity contribution is 7.89. The van der Waals surface area contributed by atoms with Crippen LogP contribution in [0.15, 0.2) is 46.7 Å². The number of carbonyl (C=O) groups excluding carboxylic acids is 1. The zero-order chi connectivity index (χ0) is 18.6. The van der Waals surface area contributed by atoms with Crippen LogP contribution in [-0.4, -0.2) is 31.7 Å². The molecule has 0 aliphatic carbocycles. The van der Waals surface area contributed by atoms with E-state index in [0.29, 0.717) is 18.8 Å². The number of aryl methyl sites for hydroxylation is 1. The molecular formula is C19H22N2O3S2. The van der Waals surface area contributed by atoms with E-state index < -0.39 is 10.0 Å². The zero-order valence-electron chi connectivity index (χ0n) is 14.6. The van der Waals surface area contributed by atoms with E-state index in [1.807, 2.05) is 18.4 Å². The van der Waals surface area contributed by atoms with Crippen molar-refractivity contribution in [1.29, 1.82) is 0 Å². The Bertz CT molecular complexity index is 893. The highest BCUT2D eigenvalue weighted by atomic mass is 32.2. The molecule has 1 N–H and O–H groups in total. The number of anilines is 1. The topological polar surface area (TPSA) is 66.5 Å². The van der Waals surface area contributed by atoms with Gasteiger partial charge < -0.3 is 5.32 Å². The molecule has 1 amide bonds. The van der Waals surface area contributed by atoms with Crippen LogP contribution in [0.3, 0.4) is 0 Å². The van der Waals surface area contributed by atoms with Crippen LogP contribution in [0, 0.1) is 6.92 Å². The summed E-state index contributed by atoms with van der Waals surface area (Å²) in [5, 5.41) is 4.73. The maximum absolute atomic E-state index is 12.6. The van der Waals surface area contributed by atoms with Gasteiger partial charge in [0.15, 0.2) is 0 Å². The SMILES string of the molecule is Cc1ccsc1/C=C/C(=O)Nc1ccc(S(=O)(=O)N2CCCCC2)cc1. The average Bonchev–Trinajstić information content (AvgIpc) is 3.06. The highest BCUT2D eigenvalue weighted by Gasteiger charge is 2.25. The number of nitrogens with zero attached hydrogens (tertiary/aromatic N) is 1. The second-order valence-corrected chi connectivity index (χ2v) is 9.17. The van der Waals surface area contributed by atoms with Crippen LogP contribution in [0.1, 0.15) is 29.7 Å². The summed E-state index contributed by atoms with van der Waals surface area (Å²) in [4.78, 5) is 13.3. The fourth-order valence-electron chi connectivity index (χ4n) is 2.86. The Morgan fingerprint density at radius 2 is 1.81 bits per heavy atom. The highest BCUT2D eigenvalue weighted by Crippen LogP contribution is 2.22. The Labute approximate surface area is 158 Å². The monoisotopic (exact) mass is 390 g/mol. The Balaban J connectivity index is 1.65. The summed E-state index contributed by atoms with van der Waals surface area (Å²) < 4.78 is 26.8. The van der Waals surface area contributed by atoms with Crippen molar-refractivity contribution < 1.29 is 13.2 Å². The molecular weight excluding hydrogens is 368 g/mol. The number of hydrogen-bond donors (Lipinski definition) is 1. The summed E-state index contributed by atoms with van der Waals surface area (Å²) in [5.41, 5.74) is 1.70. The molecule has 3 rings (SSSR count). The Hall–Kier alpha value is -1.96. The van der Waals surface area contributed by atoms with Crippen LogP contribution in [0.5, 0.6) is 0 Å². The van der Waals surface area contributed by atoms with Gasteiger partial charge in [0, 0.05) is 29.7 Å². The Kier molecular flexibility index (Phi) is 5.90. The smallest absolute Gasteiger partial charge is 0.248 e. The van der Waals surface area contributed by atoms with Gasteiger partial charge in [-0.3, -0.25) is 4.79 Å². The van der Waals surface area contributed by atoms with Gasteiger partial charge in [-0.15, -0.1) is 11.3 Å². The third-order valence-electron chi connectivity index (χ3n) is 4.36. The number of sulfonamides is 1. The molecule has 0 bridgehead atoms. The van der Waals surface area contributed by atoms with Crippen LogP contribution in [0.4, 0.5) is 5.69 Å². The molecule has 5 nitrogen and oxygen atoms in total. The number of carbonyl (C=O) groups is 1. The van der Waals surface area contributed by atoms with E-state index >= 15 is 0 Å². The van der Waals surface area contributed by atoms with Crippen molar-refractivity contribution in [2.75, 3.05) is 18.4 Å². The van der Waals surface area contributed by atoms with Gasteiger partial charge >= 0.3 is 0 Å². The third-order valence-corrected chi connectivity index (χ3v) is 7.26. The predicted molar refractivity (Wildman–Crippen MR) is 106 cm³/mol. The first-order valence-electron chi connectivity index (χ1n) is 8.60. The van der Waals surface area contributed by atoms with Crippen molar-refractivity contribution in [3.63, 3.8) is 0 Å². The van der Waals surface area contributed by atoms with Gasteiger partial charge in [0.05, 0.1) is 4.90 Å². The first-order chi connectivity index (χ1) is 12.5. The largest absolute Gasteiger partial charge is 0.323 e. The first-order valence-corrected chi connectivity index (χ1v) is 10.9. The molecule has 0 spiro atoms. The Morgan fingerprint density at radius 1 is 1.12 bits per heavy atom. The van der Waals surface area contributed by atoms with E-state index in [1.165, 1.54) is 10.4 Å². The summed E-state index contributed by atoms with van der Waals surface area (Å²) in [6.07, 6.45) is 6.16. The summed E-state index contributed by atoms with van der Waals surface area (Å²) in [5.74, 6) is -0.246. The third kappa shape index (κ3) is 4.41. The molecule has 1 aromatic heterocycles. The number of benzene rings is 1. The lowest BCUT2D eigenvalue weighted by Crippen LogP contribution is -2.35. The lowest BCUT2D eigenvalue weighted by Gasteiger charge is -2.25. The summed E-state index contributed by atoms with van der Waals surface area (Å²) >= 11 is 1.58. The van der Waals surface area contributed by atoms with Crippen molar-refractivity contribution in [2.45, 2.75) is 31.1 Å². The normalized spacial score (nSPS) is 16.0.